The summed E-state index contributed by atoms with van der Waals surface area (Å²) in [6, 6.07) is 4.27. The van der Waals surface area contributed by atoms with E-state index in [1.165, 1.54) is 17.3 Å². The summed E-state index contributed by atoms with van der Waals surface area (Å²) in [5, 5.41) is 3.29. The van der Waals surface area contributed by atoms with E-state index in [2.05, 4.69) is 22.0 Å². The SMILES string of the molecule is CCCc1nc(C)c2c(=S)nc(-c3cc(S(=O)(=O)N4CCCN(C)C(C(C)=O)C4)ccc3OCC)[nH]n12. The van der Waals surface area contributed by atoms with Gasteiger partial charge in [0.1, 0.15) is 22.9 Å². The highest BCUT2D eigenvalue weighted by Crippen LogP contribution is 2.32. The summed E-state index contributed by atoms with van der Waals surface area (Å²) in [4.78, 5) is 23.5. The van der Waals surface area contributed by atoms with Gasteiger partial charge in [-0.1, -0.05) is 19.1 Å². The number of likely N-dealkylation sites (N-methyl/N-ethyl adjacent to an activating group) is 1. The number of benzene rings is 1. The van der Waals surface area contributed by atoms with E-state index in [9.17, 15) is 13.2 Å². The first kappa shape index (κ1) is 27.4. The molecule has 1 atom stereocenters. The Bertz CT molecular complexity index is 1480. The van der Waals surface area contributed by atoms with Gasteiger partial charge in [0, 0.05) is 19.5 Å². The number of carbonyl (C=O) groups is 1. The third kappa shape index (κ3) is 5.33. The van der Waals surface area contributed by atoms with E-state index in [4.69, 9.17) is 17.0 Å². The monoisotopic (exact) mass is 546 g/mol. The molecule has 1 unspecified atom stereocenters. The van der Waals surface area contributed by atoms with Crippen molar-refractivity contribution in [2.45, 2.75) is 57.9 Å². The number of nitrogens with one attached hydrogen (secondary N) is 1. The number of ether oxygens (including phenoxy) is 1. The number of fused-ring (bicyclic) bond motifs is 1. The molecule has 1 fully saturated rings. The van der Waals surface area contributed by atoms with Gasteiger partial charge < -0.3 is 4.74 Å². The Labute approximate surface area is 222 Å². The highest BCUT2D eigenvalue weighted by molar-refractivity contribution is 7.89. The van der Waals surface area contributed by atoms with Crippen LogP contribution in [0.2, 0.25) is 0 Å². The topological polar surface area (TPSA) is 113 Å². The van der Waals surface area contributed by atoms with Crippen molar-refractivity contribution in [3.63, 3.8) is 0 Å². The number of imidazole rings is 1. The maximum absolute atomic E-state index is 13.8. The smallest absolute Gasteiger partial charge is 0.243 e. The molecular formula is C25H34N6O4S2. The van der Waals surface area contributed by atoms with Crippen molar-refractivity contribution < 1.29 is 17.9 Å². The predicted molar refractivity (Wildman–Crippen MR) is 144 cm³/mol. The van der Waals surface area contributed by atoms with Gasteiger partial charge in [0.15, 0.2) is 10.5 Å². The van der Waals surface area contributed by atoms with Crippen LogP contribution in [0, 0.1) is 11.6 Å². The van der Waals surface area contributed by atoms with E-state index in [-0.39, 0.29) is 17.2 Å². The van der Waals surface area contributed by atoms with Crippen molar-refractivity contribution in [3.8, 4) is 17.1 Å². The fourth-order valence-electron chi connectivity index (χ4n) is 4.77. The Morgan fingerprint density at radius 3 is 2.68 bits per heavy atom. The summed E-state index contributed by atoms with van der Waals surface area (Å²) in [6.45, 7) is 8.82. The van der Waals surface area contributed by atoms with E-state index in [0.29, 0.717) is 47.9 Å². The Morgan fingerprint density at radius 2 is 2.00 bits per heavy atom. The minimum absolute atomic E-state index is 0.0550. The zero-order valence-corrected chi connectivity index (χ0v) is 23.6. The number of aromatic nitrogens is 4. The van der Waals surface area contributed by atoms with Gasteiger partial charge in [0.05, 0.1) is 28.8 Å². The molecule has 0 aliphatic carbocycles. The van der Waals surface area contributed by atoms with E-state index < -0.39 is 16.1 Å². The largest absolute Gasteiger partial charge is 0.493 e. The summed E-state index contributed by atoms with van der Waals surface area (Å²) in [5.41, 5.74) is 2.00. The van der Waals surface area contributed by atoms with Crippen molar-refractivity contribution in [2.24, 2.45) is 0 Å². The van der Waals surface area contributed by atoms with E-state index in [1.807, 2.05) is 30.3 Å². The quantitative estimate of drug-likeness (QED) is 0.428. The van der Waals surface area contributed by atoms with Crippen LogP contribution >= 0.6 is 12.2 Å². The lowest BCUT2D eigenvalue weighted by Crippen LogP contribution is -2.45. The molecular weight excluding hydrogens is 512 g/mol. The summed E-state index contributed by atoms with van der Waals surface area (Å²) >= 11 is 5.61. The molecule has 1 aliphatic rings. The maximum atomic E-state index is 13.8. The molecule has 37 heavy (non-hydrogen) atoms. The average molecular weight is 547 g/mol. The molecule has 1 aromatic carbocycles. The molecule has 4 rings (SSSR count). The van der Waals surface area contributed by atoms with Crippen LogP contribution in [0.1, 0.15) is 45.1 Å². The maximum Gasteiger partial charge on any atom is 0.243 e. The Morgan fingerprint density at radius 1 is 1.24 bits per heavy atom. The number of H-pyrrole nitrogens is 1. The van der Waals surface area contributed by atoms with Crippen molar-refractivity contribution in [1.29, 1.82) is 0 Å². The van der Waals surface area contributed by atoms with Crippen LogP contribution in [0.25, 0.3) is 16.9 Å². The third-order valence-corrected chi connectivity index (χ3v) is 8.81. The van der Waals surface area contributed by atoms with Gasteiger partial charge in [0.25, 0.3) is 0 Å². The number of hydrogen-bond donors (Lipinski definition) is 1. The molecule has 3 aromatic rings. The van der Waals surface area contributed by atoms with Crippen LogP contribution in [0.3, 0.4) is 0 Å². The lowest BCUT2D eigenvalue weighted by molar-refractivity contribution is -0.121. The van der Waals surface area contributed by atoms with Gasteiger partial charge in [-0.25, -0.2) is 22.9 Å². The molecule has 0 bridgehead atoms. The summed E-state index contributed by atoms with van der Waals surface area (Å²) in [5.74, 6) is 1.66. The Balaban J connectivity index is 1.84. The molecule has 2 aromatic heterocycles. The molecule has 3 heterocycles. The molecule has 200 valence electrons. The normalized spacial score (nSPS) is 17.7. The fraction of sp³-hybridized carbons (Fsp3) is 0.520. The lowest BCUT2D eigenvalue weighted by Gasteiger charge is -2.26. The van der Waals surface area contributed by atoms with Crippen molar-refractivity contribution in [2.75, 3.05) is 33.3 Å². The van der Waals surface area contributed by atoms with Crippen molar-refractivity contribution >= 4 is 33.5 Å². The third-order valence-electron chi connectivity index (χ3n) is 6.67. The predicted octanol–water partition coefficient (Wildman–Crippen LogP) is 3.40. The number of aromatic amines is 1. The van der Waals surface area contributed by atoms with Crippen LogP contribution in [0.15, 0.2) is 23.1 Å². The van der Waals surface area contributed by atoms with Gasteiger partial charge in [-0.2, -0.15) is 4.31 Å². The van der Waals surface area contributed by atoms with Crippen LogP contribution in [0.4, 0.5) is 0 Å². The van der Waals surface area contributed by atoms with Crippen LogP contribution in [-0.4, -0.2) is 82.3 Å². The van der Waals surface area contributed by atoms with Gasteiger partial charge in [-0.15, -0.1) is 0 Å². The number of ketones is 1. The van der Waals surface area contributed by atoms with Gasteiger partial charge in [-0.3, -0.25) is 14.8 Å². The average Bonchev–Trinajstić information content (AvgIpc) is 3.02. The molecule has 0 radical (unpaired) electrons. The first-order chi connectivity index (χ1) is 17.6. The second-order valence-electron chi connectivity index (χ2n) is 9.34. The van der Waals surface area contributed by atoms with E-state index >= 15 is 0 Å². The summed E-state index contributed by atoms with van der Waals surface area (Å²) < 4.78 is 37.0. The van der Waals surface area contributed by atoms with Crippen LogP contribution < -0.4 is 4.74 Å². The standard InChI is InChI=1S/C25H34N6O4S2/c1-6-9-22-26-16(3)23-25(36)27-24(28-31(22)23)19-14-18(10-11-21(19)35-7-2)37(33,34)30-13-8-12-29(5)20(15-30)17(4)32/h10-11,14,20H,6-9,12-13,15H2,1-5H3,(H,27,28,36). The Kier molecular flexibility index (Phi) is 8.12. The minimum atomic E-state index is -3.89. The number of rotatable bonds is 8. The number of Topliss-reactive ketones (excluding diaryl/α,β-unsaturated/α-hetero) is 1. The number of aryl methyl sites for hydroxylation is 2. The zero-order chi connectivity index (χ0) is 26.9. The van der Waals surface area contributed by atoms with Crippen molar-refractivity contribution in [3.05, 3.63) is 34.4 Å². The first-order valence-electron chi connectivity index (χ1n) is 12.5. The highest BCUT2D eigenvalue weighted by Gasteiger charge is 2.33. The molecule has 0 saturated carbocycles. The second kappa shape index (κ2) is 11.0. The van der Waals surface area contributed by atoms with Crippen molar-refractivity contribution in [1.82, 2.24) is 28.8 Å². The van der Waals surface area contributed by atoms with E-state index in [1.54, 1.807) is 12.1 Å². The molecule has 1 saturated heterocycles. The Hall–Kier alpha value is -2.67. The number of sulfonamides is 1. The molecule has 10 nitrogen and oxygen atoms in total. The van der Waals surface area contributed by atoms with Gasteiger partial charge >= 0.3 is 0 Å². The lowest BCUT2D eigenvalue weighted by atomic mass is 10.2. The van der Waals surface area contributed by atoms with Crippen LogP contribution in [-0.2, 0) is 21.2 Å². The number of carbonyl (C=O) groups excluding carboxylic acids is 1. The van der Waals surface area contributed by atoms with Gasteiger partial charge in [-0.05, 0) is 65.4 Å². The minimum Gasteiger partial charge on any atom is -0.493 e. The number of hydrogen-bond acceptors (Lipinski definition) is 8. The molecule has 0 spiro atoms. The fourth-order valence-corrected chi connectivity index (χ4v) is 6.62. The van der Waals surface area contributed by atoms with Gasteiger partial charge in [0.2, 0.25) is 10.0 Å². The summed E-state index contributed by atoms with van der Waals surface area (Å²) in [6.07, 6.45) is 2.28. The van der Waals surface area contributed by atoms with Crippen LogP contribution in [0.5, 0.6) is 5.75 Å². The molecule has 12 heteroatoms. The molecule has 0 amide bonds. The second-order valence-corrected chi connectivity index (χ2v) is 11.7. The molecule has 1 N–H and O–H groups in total. The highest BCUT2D eigenvalue weighted by atomic mass is 32.2. The van der Waals surface area contributed by atoms with E-state index in [0.717, 1.165) is 29.9 Å². The number of nitrogens with zero attached hydrogens (tertiary/aromatic N) is 5. The summed E-state index contributed by atoms with van der Waals surface area (Å²) in [7, 11) is -2.04. The molecule has 1 aliphatic heterocycles. The zero-order valence-electron chi connectivity index (χ0n) is 21.9. The first-order valence-corrected chi connectivity index (χ1v) is 14.4.